The number of nitrogens with one attached hydrogen (secondary N) is 1. The molecule has 5 rings (SSSR count). The minimum Gasteiger partial charge on any atom is -0.493 e. The summed E-state index contributed by atoms with van der Waals surface area (Å²) in [7, 11) is 1.57. The molecule has 3 aromatic carbocycles. The van der Waals surface area contributed by atoms with Crippen molar-refractivity contribution in [3.05, 3.63) is 98.3 Å². The fourth-order valence-corrected chi connectivity index (χ4v) is 4.36. The SMILES string of the molecule is COc1cccc2c1Oc1c(c(=O)n(-c3ccc(C)c(C)c3)n1CC(=O)Nc1ccc(Cl)cc1)C2. The number of hydrogen-bond acceptors (Lipinski definition) is 4. The first kappa shape index (κ1) is 22.8. The number of halogens is 1. The molecule has 0 spiro atoms. The number of nitrogens with zero attached hydrogens (tertiary/aromatic N) is 2. The summed E-state index contributed by atoms with van der Waals surface area (Å²) in [5, 5.41) is 3.44. The minimum absolute atomic E-state index is 0.134. The van der Waals surface area contributed by atoms with Crippen molar-refractivity contribution in [1.82, 2.24) is 9.36 Å². The Bertz CT molecular complexity index is 1500. The van der Waals surface area contributed by atoms with Gasteiger partial charge in [-0.25, -0.2) is 9.36 Å². The molecule has 0 fully saturated rings. The maximum Gasteiger partial charge on any atom is 0.278 e. The fourth-order valence-electron chi connectivity index (χ4n) is 4.23. The van der Waals surface area contributed by atoms with Gasteiger partial charge >= 0.3 is 0 Å². The Morgan fingerprint density at radius 3 is 2.57 bits per heavy atom. The molecule has 8 heteroatoms. The van der Waals surface area contributed by atoms with Crippen molar-refractivity contribution in [3.8, 4) is 23.1 Å². The maximum atomic E-state index is 13.7. The summed E-state index contributed by atoms with van der Waals surface area (Å²) in [6.07, 6.45) is 0.372. The number of amides is 1. The molecule has 0 unspecified atom stereocenters. The second-order valence-corrected chi connectivity index (χ2v) is 8.95. The Balaban J connectivity index is 1.61. The van der Waals surface area contributed by atoms with E-state index in [0.29, 0.717) is 45.8 Å². The van der Waals surface area contributed by atoms with E-state index in [9.17, 15) is 9.59 Å². The first-order chi connectivity index (χ1) is 16.9. The number of aryl methyl sites for hydroxylation is 2. The zero-order chi connectivity index (χ0) is 24.7. The quantitative estimate of drug-likeness (QED) is 0.366. The van der Waals surface area contributed by atoms with Gasteiger partial charge in [0, 0.05) is 22.7 Å². The Hall–Kier alpha value is -3.97. The van der Waals surface area contributed by atoms with Crippen molar-refractivity contribution in [3.63, 3.8) is 0 Å². The van der Waals surface area contributed by atoms with Gasteiger partial charge in [-0.3, -0.25) is 9.59 Å². The molecule has 1 amide bonds. The van der Waals surface area contributed by atoms with Gasteiger partial charge in [0.15, 0.2) is 11.5 Å². The third kappa shape index (κ3) is 4.19. The zero-order valence-electron chi connectivity index (χ0n) is 19.6. The number of methoxy groups -OCH3 is 1. The van der Waals surface area contributed by atoms with Crippen LogP contribution in [0.15, 0.2) is 65.5 Å². The number of aromatic nitrogens is 2. The smallest absolute Gasteiger partial charge is 0.278 e. The van der Waals surface area contributed by atoms with Crippen LogP contribution >= 0.6 is 11.6 Å². The van der Waals surface area contributed by atoms with Gasteiger partial charge < -0.3 is 14.8 Å². The summed E-state index contributed by atoms with van der Waals surface area (Å²) < 4.78 is 14.8. The van der Waals surface area contributed by atoms with Crippen molar-refractivity contribution >= 4 is 23.2 Å². The average Bonchev–Trinajstić information content (AvgIpc) is 3.11. The summed E-state index contributed by atoms with van der Waals surface area (Å²) in [5.41, 5.74) is 4.53. The number of carbonyl (C=O) groups is 1. The number of rotatable bonds is 5. The Morgan fingerprint density at radius 1 is 1.09 bits per heavy atom. The molecule has 0 atom stereocenters. The number of ether oxygens (including phenoxy) is 2. The summed E-state index contributed by atoms with van der Waals surface area (Å²) in [5.74, 6) is 1.14. The van der Waals surface area contributed by atoms with Crippen LogP contribution in [0.4, 0.5) is 5.69 Å². The van der Waals surface area contributed by atoms with Crippen LogP contribution in [-0.2, 0) is 17.8 Å². The molecule has 0 bridgehead atoms. The van der Waals surface area contributed by atoms with Crippen LogP contribution in [0, 0.1) is 13.8 Å². The van der Waals surface area contributed by atoms with Gasteiger partial charge in [0.1, 0.15) is 6.54 Å². The number of fused-ring (bicyclic) bond motifs is 2. The van der Waals surface area contributed by atoms with Gasteiger partial charge in [-0.15, -0.1) is 0 Å². The predicted octanol–water partition coefficient (Wildman–Crippen LogP) is 5.25. The lowest BCUT2D eigenvalue weighted by Crippen LogP contribution is -2.27. The average molecular weight is 490 g/mol. The molecule has 2 heterocycles. The van der Waals surface area contributed by atoms with E-state index in [4.69, 9.17) is 21.1 Å². The highest BCUT2D eigenvalue weighted by Gasteiger charge is 2.30. The van der Waals surface area contributed by atoms with E-state index < -0.39 is 0 Å². The summed E-state index contributed by atoms with van der Waals surface area (Å²) >= 11 is 5.96. The van der Waals surface area contributed by atoms with E-state index >= 15 is 0 Å². The summed E-state index contributed by atoms with van der Waals surface area (Å²) in [6, 6.07) is 18.2. The molecular weight excluding hydrogens is 466 g/mol. The lowest BCUT2D eigenvalue weighted by Gasteiger charge is -2.21. The van der Waals surface area contributed by atoms with Crippen LogP contribution < -0.4 is 20.3 Å². The van der Waals surface area contributed by atoms with Gasteiger partial charge in [-0.2, -0.15) is 0 Å². The first-order valence-corrected chi connectivity index (χ1v) is 11.5. The number of benzene rings is 3. The molecule has 4 aromatic rings. The van der Waals surface area contributed by atoms with Crippen LogP contribution in [0.1, 0.15) is 22.3 Å². The highest BCUT2D eigenvalue weighted by Crippen LogP contribution is 2.41. The lowest BCUT2D eigenvalue weighted by molar-refractivity contribution is -0.117. The molecule has 1 aliphatic heterocycles. The van der Waals surface area contributed by atoms with Crippen molar-refractivity contribution in [2.75, 3.05) is 12.4 Å². The largest absolute Gasteiger partial charge is 0.493 e. The third-order valence-electron chi connectivity index (χ3n) is 6.19. The number of para-hydroxylation sites is 1. The van der Waals surface area contributed by atoms with Gasteiger partial charge in [-0.1, -0.05) is 29.8 Å². The van der Waals surface area contributed by atoms with E-state index in [1.807, 2.05) is 44.2 Å². The minimum atomic E-state index is -0.308. The van der Waals surface area contributed by atoms with Crippen molar-refractivity contribution in [2.24, 2.45) is 0 Å². The van der Waals surface area contributed by atoms with Crippen LogP contribution in [-0.4, -0.2) is 22.4 Å². The molecule has 0 saturated carbocycles. The normalized spacial score (nSPS) is 11.9. The highest BCUT2D eigenvalue weighted by atomic mass is 35.5. The van der Waals surface area contributed by atoms with Gasteiger partial charge in [0.2, 0.25) is 11.8 Å². The number of carbonyl (C=O) groups excluding carboxylic acids is 1. The Kier molecular flexibility index (Phi) is 5.86. The van der Waals surface area contributed by atoms with Gasteiger partial charge in [-0.05, 0) is 67.4 Å². The number of hydrogen-bond donors (Lipinski definition) is 1. The van der Waals surface area contributed by atoms with Crippen LogP contribution in [0.25, 0.3) is 5.69 Å². The van der Waals surface area contributed by atoms with Crippen LogP contribution in [0.2, 0.25) is 5.02 Å². The van der Waals surface area contributed by atoms with Gasteiger partial charge in [0.25, 0.3) is 5.56 Å². The highest BCUT2D eigenvalue weighted by molar-refractivity contribution is 6.30. The maximum absolute atomic E-state index is 13.7. The second-order valence-electron chi connectivity index (χ2n) is 8.51. The molecule has 0 aliphatic carbocycles. The molecule has 0 saturated heterocycles. The molecule has 1 N–H and O–H groups in total. The Labute approximate surface area is 207 Å². The third-order valence-corrected chi connectivity index (χ3v) is 6.44. The standard InChI is InChI=1S/C27H24ClN3O4/c1-16-7-12-21(13-17(16)2)31-26(33)22-14-18-5-4-6-23(34-3)25(18)35-27(22)30(31)15-24(32)29-20-10-8-19(28)9-11-20/h4-13H,14-15H2,1-3H3,(H,29,32). The first-order valence-electron chi connectivity index (χ1n) is 11.2. The van der Waals surface area contributed by atoms with Gasteiger partial charge in [0.05, 0.1) is 18.4 Å². The topological polar surface area (TPSA) is 74.5 Å². The van der Waals surface area contributed by atoms with E-state index in [-0.39, 0.29) is 18.0 Å². The molecule has 178 valence electrons. The lowest BCUT2D eigenvalue weighted by atomic mass is 10.0. The van der Waals surface area contributed by atoms with Crippen LogP contribution in [0.5, 0.6) is 17.4 Å². The number of anilines is 1. The van der Waals surface area contributed by atoms with E-state index in [1.165, 1.54) is 4.68 Å². The molecule has 1 aliphatic rings. The summed E-state index contributed by atoms with van der Waals surface area (Å²) in [6.45, 7) is 3.86. The molecule has 35 heavy (non-hydrogen) atoms. The van der Waals surface area contributed by atoms with Crippen LogP contribution in [0.3, 0.4) is 0 Å². The second kappa shape index (κ2) is 9.00. The van der Waals surface area contributed by atoms with E-state index in [1.54, 1.807) is 42.1 Å². The summed E-state index contributed by atoms with van der Waals surface area (Å²) in [4.78, 5) is 26.7. The zero-order valence-corrected chi connectivity index (χ0v) is 20.3. The van der Waals surface area contributed by atoms with Crippen molar-refractivity contribution in [1.29, 1.82) is 0 Å². The molecule has 7 nitrogen and oxygen atoms in total. The van der Waals surface area contributed by atoms with E-state index in [0.717, 1.165) is 16.7 Å². The van der Waals surface area contributed by atoms with Crippen molar-refractivity contribution < 1.29 is 14.3 Å². The molecule has 1 aromatic heterocycles. The van der Waals surface area contributed by atoms with E-state index in [2.05, 4.69) is 5.32 Å². The molecule has 0 radical (unpaired) electrons. The molecular formula is C27H24ClN3O4. The monoisotopic (exact) mass is 489 g/mol. The Morgan fingerprint density at radius 2 is 1.86 bits per heavy atom. The van der Waals surface area contributed by atoms with Crippen molar-refractivity contribution in [2.45, 2.75) is 26.8 Å². The predicted molar refractivity (Wildman–Crippen MR) is 135 cm³/mol. The fraction of sp³-hybridized carbons (Fsp3) is 0.185.